The number of aliphatic hydroxyl groups excluding tert-OH is 1. The second kappa shape index (κ2) is 12.4. The standard InChI is InChI=1S/C29H33F5N2O2/c1-38-22-4-5-26-23(15-22)27(20(16-30)17-35-26)24(32)6-7-29(18-37)8-11-36(12-9-29)10-2-3-19-13-21(31)14-25(33)28(19)34/h4-5,13-15,17,24,37H,2-3,6-12,16,18H2,1H3. The van der Waals surface area contributed by atoms with Crippen LogP contribution in [0.15, 0.2) is 36.5 Å². The summed E-state index contributed by atoms with van der Waals surface area (Å²) in [4.78, 5) is 6.41. The molecular weight excluding hydrogens is 503 g/mol. The lowest BCUT2D eigenvalue weighted by Gasteiger charge is -2.41. The van der Waals surface area contributed by atoms with E-state index in [-0.39, 0.29) is 36.1 Å². The zero-order valence-electron chi connectivity index (χ0n) is 21.5. The average Bonchev–Trinajstić information content (AvgIpc) is 2.94. The number of aromatic nitrogens is 1. The van der Waals surface area contributed by atoms with Crippen molar-refractivity contribution < 1.29 is 31.8 Å². The first-order valence-electron chi connectivity index (χ1n) is 12.9. The summed E-state index contributed by atoms with van der Waals surface area (Å²) in [6.07, 6.45) is 2.57. The average molecular weight is 537 g/mol. The van der Waals surface area contributed by atoms with Gasteiger partial charge in [0, 0.05) is 35.4 Å². The van der Waals surface area contributed by atoms with Crippen molar-refractivity contribution in [2.45, 2.75) is 51.4 Å². The number of ether oxygens (including phenoxy) is 1. The molecule has 1 aliphatic rings. The van der Waals surface area contributed by atoms with Gasteiger partial charge in [-0.3, -0.25) is 4.98 Å². The van der Waals surface area contributed by atoms with E-state index >= 15 is 4.39 Å². The van der Waals surface area contributed by atoms with E-state index in [1.165, 1.54) is 13.3 Å². The first-order chi connectivity index (χ1) is 18.3. The maximum atomic E-state index is 15.7. The molecule has 3 aromatic rings. The van der Waals surface area contributed by atoms with Crippen LogP contribution in [0, 0.1) is 22.9 Å². The third-order valence-electron chi connectivity index (χ3n) is 7.83. The highest BCUT2D eigenvalue weighted by molar-refractivity contribution is 5.85. The molecule has 206 valence electrons. The van der Waals surface area contributed by atoms with Crippen molar-refractivity contribution in [3.05, 3.63) is 70.7 Å². The van der Waals surface area contributed by atoms with E-state index in [4.69, 9.17) is 4.74 Å². The van der Waals surface area contributed by atoms with Crippen molar-refractivity contribution in [1.29, 1.82) is 0 Å². The highest BCUT2D eigenvalue weighted by Gasteiger charge is 2.35. The van der Waals surface area contributed by atoms with Gasteiger partial charge in [0.1, 0.15) is 24.4 Å². The number of fused-ring (bicyclic) bond motifs is 1. The minimum Gasteiger partial charge on any atom is -0.497 e. The van der Waals surface area contributed by atoms with Gasteiger partial charge in [-0.05, 0) is 93.4 Å². The summed E-state index contributed by atoms with van der Waals surface area (Å²) >= 11 is 0. The zero-order valence-corrected chi connectivity index (χ0v) is 21.5. The zero-order chi connectivity index (χ0) is 27.3. The number of likely N-dealkylation sites (tertiary alicyclic amines) is 1. The van der Waals surface area contributed by atoms with E-state index in [9.17, 15) is 22.7 Å². The number of pyridine rings is 1. The summed E-state index contributed by atoms with van der Waals surface area (Å²) < 4.78 is 75.5. The van der Waals surface area contributed by atoms with Crippen LogP contribution in [0.1, 0.15) is 55.0 Å². The summed E-state index contributed by atoms with van der Waals surface area (Å²) in [5.74, 6) is -2.46. The van der Waals surface area contributed by atoms with Crippen LogP contribution in [-0.4, -0.2) is 48.3 Å². The molecule has 4 rings (SSSR count). The number of hydrogen-bond donors (Lipinski definition) is 1. The van der Waals surface area contributed by atoms with Gasteiger partial charge >= 0.3 is 0 Å². The lowest BCUT2D eigenvalue weighted by Crippen LogP contribution is -2.42. The van der Waals surface area contributed by atoms with E-state index in [1.54, 1.807) is 18.2 Å². The van der Waals surface area contributed by atoms with Gasteiger partial charge < -0.3 is 14.7 Å². The van der Waals surface area contributed by atoms with E-state index < -0.39 is 35.7 Å². The van der Waals surface area contributed by atoms with Crippen LogP contribution in [0.5, 0.6) is 5.75 Å². The number of benzene rings is 2. The first kappa shape index (κ1) is 28.2. The third-order valence-corrected chi connectivity index (χ3v) is 7.83. The number of aryl methyl sites for hydroxylation is 1. The minimum atomic E-state index is -1.43. The van der Waals surface area contributed by atoms with Crippen molar-refractivity contribution >= 4 is 10.9 Å². The Morgan fingerprint density at radius 1 is 1.11 bits per heavy atom. The number of piperidine rings is 1. The molecule has 2 aromatic carbocycles. The Hall–Kier alpha value is -2.78. The molecule has 0 saturated carbocycles. The number of rotatable bonds is 11. The predicted molar refractivity (Wildman–Crippen MR) is 136 cm³/mol. The molecule has 4 nitrogen and oxygen atoms in total. The molecule has 1 N–H and O–H groups in total. The summed E-state index contributed by atoms with van der Waals surface area (Å²) in [5, 5.41) is 10.7. The van der Waals surface area contributed by atoms with E-state index in [0.29, 0.717) is 68.0 Å². The molecule has 0 spiro atoms. The predicted octanol–water partition coefficient (Wildman–Crippen LogP) is 6.63. The molecule has 9 heteroatoms. The lowest BCUT2D eigenvalue weighted by atomic mass is 9.74. The van der Waals surface area contributed by atoms with Gasteiger partial charge in [-0.25, -0.2) is 22.0 Å². The van der Waals surface area contributed by atoms with Gasteiger partial charge in [-0.2, -0.15) is 0 Å². The fraction of sp³-hybridized carbons (Fsp3) is 0.483. The van der Waals surface area contributed by atoms with E-state index in [2.05, 4.69) is 9.88 Å². The van der Waals surface area contributed by atoms with Crippen LogP contribution in [0.3, 0.4) is 0 Å². The second-order valence-electron chi connectivity index (χ2n) is 10.2. The van der Waals surface area contributed by atoms with Gasteiger partial charge in [-0.15, -0.1) is 0 Å². The Labute approximate surface area is 219 Å². The van der Waals surface area contributed by atoms with E-state index in [1.807, 2.05) is 0 Å². The fourth-order valence-corrected chi connectivity index (χ4v) is 5.44. The third kappa shape index (κ3) is 6.26. The van der Waals surface area contributed by atoms with Crippen LogP contribution < -0.4 is 4.74 Å². The molecule has 2 heterocycles. The summed E-state index contributed by atoms with van der Waals surface area (Å²) in [7, 11) is 1.51. The number of hydrogen-bond acceptors (Lipinski definition) is 4. The Balaban J connectivity index is 1.35. The number of aliphatic hydroxyl groups is 1. The van der Waals surface area contributed by atoms with Crippen molar-refractivity contribution in [3.63, 3.8) is 0 Å². The Morgan fingerprint density at radius 3 is 2.55 bits per heavy atom. The van der Waals surface area contributed by atoms with Crippen molar-refractivity contribution in [2.24, 2.45) is 5.41 Å². The highest BCUT2D eigenvalue weighted by Crippen LogP contribution is 2.41. The second-order valence-corrected chi connectivity index (χ2v) is 10.2. The molecule has 1 saturated heterocycles. The minimum absolute atomic E-state index is 0.0205. The topological polar surface area (TPSA) is 45.6 Å². The maximum Gasteiger partial charge on any atom is 0.162 e. The Kier molecular flexibility index (Phi) is 9.20. The van der Waals surface area contributed by atoms with Crippen LogP contribution >= 0.6 is 0 Å². The van der Waals surface area contributed by atoms with Crippen molar-refractivity contribution in [2.75, 3.05) is 33.4 Å². The molecule has 1 aliphatic heterocycles. The lowest BCUT2D eigenvalue weighted by molar-refractivity contribution is 0.0299. The Bertz CT molecular complexity index is 1240. The van der Waals surface area contributed by atoms with Gasteiger partial charge in [-0.1, -0.05) is 0 Å². The molecular formula is C29H33F5N2O2. The molecule has 0 amide bonds. The number of halogens is 5. The fourth-order valence-electron chi connectivity index (χ4n) is 5.44. The van der Waals surface area contributed by atoms with Gasteiger partial charge in [0.05, 0.1) is 12.6 Å². The smallest absolute Gasteiger partial charge is 0.162 e. The van der Waals surface area contributed by atoms with Crippen LogP contribution in [0.4, 0.5) is 22.0 Å². The van der Waals surface area contributed by atoms with Crippen LogP contribution in [0.2, 0.25) is 0 Å². The summed E-state index contributed by atoms with van der Waals surface area (Å²) in [5.41, 5.74) is 0.622. The number of nitrogens with zero attached hydrogens (tertiary/aromatic N) is 2. The maximum absolute atomic E-state index is 15.7. The molecule has 1 aromatic heterocycles. The number of methoxy groups -OCH3 is 1. The summed E-state index contributed by atoms with van der Waals surface area (Å²) in [6.45, 7) is 1.05. The highest BCUT2D eigenvalue weighted by atomic mass is 19.2. The van der Waals surface area contributed by atoms with Gasteiger partial charge in [0.2, 0.25) is 0 Å². The molecule has 0 aliphatic carbocycles. The molecule has 0 radical (unpaired) electrons. The van der Waals surface area contributed by atoms with Gasteiger partial charge in [0.25, 0.3) is 0 Å². The van der Waals surface area contributed by atoms with Crippen LogP contribution in [-0.2, 0) is 13.1 Å². The van der Waals surface area contributed by atoms with E-state index in [0.717, 1.165) is 6.07 Å². The molecule has 1 unspecified atom stereocenters. The molecule has 1 fully saturated rings. The largest absolute Gasteiger partial charge is 0.497 e. The molecule has 38 heavy (non-hydrogen) atoms. The first-order valence-corrected chi connectivity index (χ1v) is 12.9. The van der Waals surface area contributed by atoms with Crippen LogP contribution in [0.25, 0.3) is 10.9 Å². The SMILES string of the molecule is COc1ccc2ncc(CF)c(C(F)CCC3(CO)CCN(CCCc4cc(F)cc(F)c4F)CC3)c2c1. The van der Waals surface area contributed by atoms with Crippen molar-refractivity contribution in [1.82, 2.24) is 9.88 Å². The summed E-state index contributed by atoms with van der Waals surface area (Å²) in [6, 6.07) is 6.68. The molecule has 1 atom stereocenters. The van der Waals surface area contributed by atoms with Gasteiger partial charge in [0.15, 0.2) is 11.6 Å². The Morgan fingerprint density at radius 2 is 1.87 bits per heavy atom. The van der Waals surface area contributed by atoms with Crippen molar-refractivity contribution in [3.8, 4) is 5.75 Å². The molecule has 0 bridgehead atoms. The normalized spacial score (nSPS) is 16.6. The number of alkyl halides is 2. The quantitative estimate of drug-likeness (QED) is 0.221. The monoisotopic (exact) mass is 536 g/mol.